The summed E-state index contributed by atoms with van der Waals surface area (Å²) in [6.07, 6.45) is 6.60. The molecule has 2 N–H and O–H groups in total. The van der Waals surface area contributed by atoms with Crippen molar-refractivity contribution in [1.29, 1.82) is 0 Å². The van der Waals surface area contributed by atoms with Crippen molar-refractivity contribution in [3.63, 3.8) is 0 Å². The van der Waals surface area contributed by atoms with Gasteiger partial charge in [0.15, 0.2) is 5.65 Å². The normalized spacial score (nSPS) is 19.5. The van der Waals surface area contributed by atoms with Crippen LogP contribution < -0.4 is 10.6 Å². The van der Waals surface area contributed by atoms with Crippen LogP contribution in [0.3, 0.4) is 0 Å². The Bertz CT molecular complexity index is 1100. The lowest BCUT2D eigenvalue weighted by Crippen LogP contribution is -2.31. The lowest BCUT2D eigenvalue weighted by Gasteiger charge is -2.27. The molecule has 0 bridgehead atoms. The molecule has 1 fully saturated rings. The minimum atomic E-state index is -0.178. The highest BCUT2D eigenvalue weighted by Crippen LogP contribution is 2.31. The van der Waals surface area contributed by atoms with Crippen molar-refractivity contribution in [1.82, 2.24) is 20.1 Å². The molecule has 2 aromatic heterocycles. The average molecular weight is 435 g/mol. The average Bonchev–Trinajstić information content (AvgIpc) is 3.23. The zero-order valence-corrected chi connectivity index (χ0v) is 18.8. The second-order valence-electron chi connectivity index (χ2n) is 8.61. The van der Waals surface area contributed by atoms with Crippen molar-refractivity contribution in [2.24, 2.45) is 5.18 Å². The van der Waals surface area contributed by atoms with Crippen LogP contribution >= 0.6 is 0 Å². The smallest absolute Gasteiger partial charge is 0.255 e. The van der Waals surface area contributed by atoms with Gasteiger partial charge in [0.05, 0.1) is 34.9 Å². The number of hydrogen-bond acceptors (Lipinski definition) is 6. The first-order chi connectivity index (χ1) is 15.5. The Balaban J connectivity index is 1.62. The van der Waals surface area contributed by atoms with Crippen molar-refractivity contribution in [3.05, 3.63) is 58.3 Å². The number of carbonyl (C=O) groups excluding carboxylic acids is 1. The summed E-state index contributed by atoms with van der Waals surface area (Å²) in [4.78, 5) is 28.7. The number of amides is 1. The van der Waals surface area contributed by atoms with E-state index in [1.165, 1.54) is 5.56 Å². The molecule has 1 atom stereocenters. The van der Waals surface area contributed by atoms with Crippen LogP contribution in [0.1, 0.15) is 67.1 Å². The second-order valence-corrected chi connectivity index (χ2v) is 8.61. The Morgan fingerprint density at radius 3 is 2.56 bits per heavy atom. The first-order valence-electron chi connectivity index (χ1n) is 11.3. The molecular formula is C24H30N6O2. The van der Waals surface area contributed by atoms with E-state index in [1.54, 1.807) is 12.4 Å². The molecule has 1 aromatic carbocycles. The SMILES string of the molecule is CCn1ncc2c(NC3CCC(N=O)CC3)c(C(=O)N[C@H](C)c3ccc(C)cc3)cnc21. The van der Waals surface area contributed by atoms with Gasteiger partial charge < -0.3 is 10.6 Å². The third-order valence-electron chi connectivity index (χ3n) is 6.33. The summed E-state index contributed by atoms with van der Waals surface area (Å²) in [6, 6.07) is 8.08. The molecule has 0 spiro atoms. The molecule has 8 heteroatoms. The Morgan fingerprint density at radius 2 is 1.91 bits per heavy atom. The number of nitrogens with zero attached hydrogens (tertiary/aromatic N) is 4. The zero-order chi connectivity index (χ0) is 22.7. The first kappa shape index (κ1) is 21.9. The summed E-state index contributed by atoms with van der Waals surface area (Å²) in [6.45, 7) is 6.73. The van der Waals surface area contributed by atoms with Gasteiger partial charge in [-0.2, -0.15) is 10.0 Å². The van der Waals surface area contributed by atoms with Crippen LogP contribution in [0.2, 0.25) is 0 Å². The van der Waals surface area contributed by atoms with Gasteiger partial charge in [-0.05, 0) is 52.0 Å². The maximum Gasteiger partial charge on any atom is 0.255 e. The van der Waals surface area contributed by atoms with Crippen LogP contribution in [-0.2, 0) is 6.54 Å². The van der Waals surface area contributed by atoms with E-state index in [0.717, 1.165) is 48.0 Å². The molecule has 0 radical (unpaired) electrons. The van der Waals surface area contributed by atoms with Gasteiger partial charge in [-0.3, -0.25) is 4.79 Å². The van der Waals surface area contributed by atoms with E-state index in [2.05, 4.69) is 25.9 Å². The Morgan fingerprint density at radius 1 is 1.19 bits per heavy atom. The molecule has 1 amide bonds. The topological polar surface area (TPSA) is 101 Å². The molecule has 168 valence electrons. The standard InChI is InChI=1S/C24H30N6O2/c1-4-30-23-20(14-26-30)22(28-18-9-11-19(29-32)12-10-18)21(13-25-23)24(31)27-16(3)17-7-5-15(2)6-8-17/h5-8,13-14,16,18-19H,4,9-12H2,1-3H3,(H,25,28)(H,27,31)/t16-,18?,19?/m1/s1. The fourth-order valence-electron chi connectivity index (χ4n) is 4.33. The third kappa shape index (κ3) is 4.49. The molecule has 1 aliphatic rings. The van der Waals surface area contributed by atoms with Crippen LogP contribution in [0.25, 0.3) is 11.0 Å². The summed E-state index contributed by atoms with van der Waals surface area (Å²) >= 11 is 0. The quantitative estimate of drug-likeness (QED) is 0.523. The number of pyridine rings is 1. The molecule has 2 heterocycles. The summed E-state index contributed by atoms with van der Waals surface area (Å²) < 4.78 is 1.82. The van der Waals surface area contributed by atoms with Crippen LogP contribution in [0.15, 0.2) is 41.8 Å². The Kier molecular flexibility index (Phi) is 6.48. The highest BCUT2D eigenvalue weighted by Gasteiger charge is 2.25. The van der Waals surface area contributed by atoms with E-state index in [9.17, 15) is 9.70 Å². The van der Waals surface area contributed by atoms with E-state index in [1.807, 2.05) is 49.7 Å². The van der Waals surface area contributed by atoms with E-state index in [4.69, 9.17) is 0 Å². The molecule has 0 unspecified atom stereocenters. The van der Waals surface area contributed by atoms with Gasteiger partial charge in [0.2, 0.25) is 0 Å². The fourth-order valence-corrected chi connectivity index (χ4v) is 4.33. The third-order valence-corrected chi connectivity index (χ3v) is 6.33. The number of nitrogens with one attached hydrogen (secondary N) is 2. The van der Waals surface area contributed by atoms with Crippen molar-refractivity contribution >= 4 is 22.6 Å². The van der Waals surface area contributed by atoms with Crippen LogP contribution in [0.4, 0.5) is 5.69 Å². The van der Waals surface area contributed by atoms with Gasteiger partial charge >= 0.3 is 0 Å². The number of fused-ring (bicyclic) bond motifs is 1. The molecule has 1 saturated carbocycles. The lowest BCUT2D eigenvalue weighted by atomic mass is 9.91. The molecule has 0 aliphatic heterocycles. The Hall–Kier alpha value is -3.29. The molecule has 3 aromatic rings. The highest BCUT2D eigenvalue weighted by molar-refractivity contribution is 6.06. The van der Waals surface area contributed by atoms with Crippen molar-refractivity contribution in [2.45, 2.75) is 71.1 Å². The molecule has 8 nitrogen and oxygen atoms in total. The summed E-state index contributed by atoms with van der Waals surface area (Å²) in [7, 11) is 0. The van der Waals surface area contributed by atoms with Crippen LogP contribution in [0.5, 0.6) is 0 Å². The van der Waals surface area contributed by atoms with Crippen LogP contribution in [-0.4, -0.2) is 32.8 Å². The maximum absolute atomic E-state index is 13.3. The van der Waals surface area contributed by atoms with Crippen molar-refractivity contribution in [2.75, 3.05) is 5.32 Å². The number of aromatic nitrogens is 3. The number of carbonyl (C=O) groups is 1. The number of rotatable bonds is 7. The molecule has 0 saturated heterocycles. The second kappa shape index (κ2) is 9.46. The Labute approximate surface area is 187 Å². The minimum absolute atomic E-state index is 0.105. The number of aryl methyl sites for hydroxylation is 2. The summed E-state index contributed by atoms with van der Waals surface area (Å²) in [5.74, 6) is -0.178. The summed E-state index contributed by atoms with van der Waals surface area (Å²) in [5.41, 5.74) is 4.24. The number of anilines is 1. The lowest BCUT2D eigenvalue weighted by molar-refractivity contribution is 0.0940. The first-order valence-corrected chi connectivity index (χ1v) is 11.3. The van der Waals surface area contributed by atoms with Gasteiger partial charge in [0.25, 0.3) is 5.91 Å². The summed E-state index contributed by atoms with van der Waals surface area (Å²) in [5, 5.41) is 15.2. The largest absolute Gasteiger partial charge is 0.381 e. The number of nitroso groups, excluding NO2 is 1. The van der Waals surface area contributed by atoms with Gasteiger partial charge in [0.1, 0.15) is 0 Å². The molecule has 4 rings (SSSR count). The molecule has 1 aliphatic carbocycles. The maximum atomic E-state index is 13.3. The number of benzene rings is 1. The van der Waals surface area contributed by atoms with E-state index >= 15 is 0 Å². The molecule has 32 heavy (non-hydrogen) atoms. The van der Waals surface area contributed by atoms with Crippen molar-refractivity contribution in [3.8, 4) is 0 Å². The van der Waals surface area contributed by atoms with E-state index < -0.39 is 0 Å². The number of hydrogen-bond donors (Lipinski definition) is 2. The fraction of sp³-hybridized carbons (Fsp3) is 0.458. The predicted molar refractivity (Wildman–Crippen MR) is 126 cm³/mol. The van der Waals surface area contributed by atoms with E-state index in [-0.39, 0.29) is 24.0 Å². The van der Waals surface area contributed by atoms with Gasteiger partial charge in [-0.15, -0.1) is 0 Å². The predicted octanol–water partition coefficient (Wildman–Crippen LogP) is 4.74. The monoisotopic (exact) mass is 434 g/mol. The highest BCUT2D eigenvalue weighted by atomic mass is 16.3. The van der Waals surface area contributed by atoms with Crippen molar-refractivity contribution < 1.29 is 4.79 Å². The minimum Gasteiger partial charge on any atom is -0.381 e. The van der Waals surface area contributed by atoms with E-state index in [0.29, 0.717) is 12.1 Å². The molecular weight excluding hydrogens is 404 g/mol. The van der Waals surface area contributed by atoms with Gasteiger partial charge in [-0.25, -0.2) is 9.67 Å². The van der Waals surface area contributed by atoms with Gasteiger partial charge in [0, 0.05) is 18.8 Å². The van der Waals surface area contributed by atoms with Gasteiger partial charge in [-0.1, -0.05) is 35.0 Å². The van der Waals surface area contributed by atoms with Crippen LogP contribution in [0, 0.1) is 11.8 Å². The zero-order valence-electron chi connectivity index (χ0n) is 18.8.